The van der Waals surface area contributed by atoms with Crippen molar-refractivity contribution in [1.29, 1.82) is 0 Å². The molecule has 170 valence electrons. The van der Waals surface area contributed by atoms with Gasteiger partial charge in [-0.05, 0) is 47.7 Å². The molecule has 33 heavy (non-hydrogen) atoms. The maximum atomic E-state index is 15.4. The van der Waals surface area contributed by atoms with Crippen LogP contribution < -0.4 is 4.74 Å². The molecule has 6 nitrogen and oxygen atoms in total. The van der Waals surface area contributed by atoms with E-state index in [1.54, 1.807) is 18.2 Å². The Kier molecular flexibility index (Phi) is 6.68. The molecule has 0 amide bonds. The van der Waals surface area contributed by atoms with E-state index in [4.69, 9.17) is 4.74 Å². The van der Waals surface area contributed by atoms with Gasteiger partial charge in [0.25, 0.3) is 0 Å². The smallest absolute Gasteiger partial charge is 0.340 e. The molecular formula is C26H25FN2O4. The molecule has 1 aliphatic rings. The highest BCUT2D eigenvalue weighted by molar-refractivity contribution is 6.02. The van der Waals surface area contributed by atoms with Gasteiger partial charge in [0.1, 0.15) is 23.8 Å². The Labute approximate surface area is 191 Å². The summed E-state index contributed by atoms with van der Waals surface area (Å²) < 4.78 is 21.1. The highest BCUT2D eigenvalue weighted by atomic mass is 19.1. The van der Waals surface area contributed by atoms with Crippen LogP contribution in [0.3, 0.4) is 0 Å². The second-order valence-electron chi connectivity index (χ2n) is 7.81. The fourth-order valence-corrected chi connectivity index (χ4v) is 3.96. The van der Waals surface area contributed by atoms with Gasteiger partial charge in [0.2, 0.25) is 0 Å². The second-order valence-corrected chi connectivity index (χ2v) is 7.81. The molecule has 0 radical (unpaired) electrons. The van der Waals surface area contributed by atoms with E-state index in [0.29, 0.717) is 36.2 Å². The standard InChI is InChI=1S/C26H25FN2O4/c1-3-16-12-23(32-15-19-14-24(31)33-29-19)25(27)20(4-2)21(16)13-18-10-11-22(30)26(28-18)17-8-6-5-7-9-17/h5-12,30H,3-4,13-15H2,1-2H3. The first-order valence-electron chi connectivity index (χ1n) is 11.0. The largest absolute Gasteiger partial charge is 0.506 e. The summed E-state index contributed by atoms with van der Waals surface area (Å²) in [5.74, 6) is -0.622. The Morgan fingerprint density at radius 1 is 1.09 bits per heavy atom. The average Bonchev–Trinajstić information content (AvgIpc) is 3.25. The number of carbonyl (C=O) groups excluding carboxylic acids is 1. The van der Waals surface area contributed by atoms with Gasteiger partial charge in [0.15, 0.2) is 11.6 Å². The molecule has 0 bridgehead atoms. The predicted molar refractivity (Wildman–Crippen MR) is 123 cm³/mol. The minimum atomic E-state index is -0.441. The number of ether oxygens (including phenoxy) is 1. The first kappa shape index (κ1) is 22.5. The average molecular weight is 448 g/mol. The third-order valence-electron chi connectivity index (χ3n) is 5.63. The Balaban J connectivity index is 1.65. The molecule has 2 heterocycles. The number of hydrogen-bond donors (Lipinski definition) is 1. The maximum Gasteiger partial charge on any atom is 0.340 e. The summed E-state index contributed by atoms with van der Waals surface area (Å²) in [5.41, 5.74) is 4.88. The lowest BCUT2D eigenvalue weighted by atomic mass is 9.92. The number of carbonyl (C=O) groups is 1. The van der Waals surface area contributed by atoms with Crippen LogP contribution in [0, 0.1) is 5.82 Å². The van der Waals surface area contributed by atoms with Crippen molar-refractivity contribution in [1.82, 2.24) is 4.98 Å². The van der Waals surface area contributed by atoms with Crippen LogP contribution in [0.5, 0.6) is 11.5 Å². The third kappa shape index (κ3) is 4.87. The number of aromatic nitrogens is 1. The summed E-state index contributed by atoms with van der Waals surface area (Å²) in [7, 11) is 0. The fraction of sp³-hybridized carbons (Fsp3) is 0.269. The van der Waals surface area contributed by atoms with Crippen molar-refractivity contribution in [2.24, 2.45) is 5.16 Å². The van der Waals surface area contributed by atoms with Crippen molar-refractivity contribution in [2.75, 3.05) is 6.61 Å². The normalized spacial score (nSPS) is 13.1. The Bertz CT molecular complexity index is 1210. The Hall–Kier alpha value is -3.74. The topological polar surface area (TPSA) is 81.0 Å². The van der Waals surface area contributed by atoms with Crippen LogP contribution in [0.15, 0.2) is 53.7 Å². The van der Waals surface area contributed by atoms with E-state index in [0.717, 1.165) is 22.4 Å². The summed E-state index contributed by atoms with van der Waals surface area (Å²) in [6.07, 6.45) is 1.65. The van der Waals surface area contributed by atoms with E-state index < -0.39 is 11.8 Å². The molecule has 4 rings (SSSR count). The van der Waals surface area contributed by atoms with Crippen LogP contribution in [0.1, 0.15) is 42.7 Å². The summed E-state index contributed by atoms with van der Waals surface area (Å²) in [6, 6.07) is 14.6. The zero-order valence-corrected chi connectivity index (χ0v) is 18.6. The maximum absolute atomic E-state index is 15.4. The van der Waals surface area contributed by atoms with Crippen molar-refractivity contribution in [3.05, 3.63) is 76.7 Å². The van der Waals surface area contributed by atoms with E-state index in [2.05, 4.69) is 15.0 Å². The van der Waals surface area contributed by atoms with Crippen LogP contribution in [0.4, 0.5) is 4.39 Å². The monoisotopic (exact) mass is 448 g/mol. The van der Waals surface area contributed by atoms with Crippen molar-refractivity contribution < 1.29 is 23.9 Å². The summed E-state index contributed by atoms with van der Waals surface area (Å²) in [4.78, 5) is 20.4. The summed E-state index contributed by atoms with van der Waals surface area (Å²) in [6.45, 7) is 3.90. The molecule has 1 N–H and O–H groups in total. The van der Waals surface area contributed by atoms with E-state index >= 15 is 4.39 Å². The van der Waals surface area contributed by atoms with Crippen LogP contribution in [-0.4, -0.2) is 28.4 Å². The molecule has 2 aromatic carbocycles. The summed E-state index contributed by atoms with van der Waals surface area (Å²) >= 11 is 0. The summed E-state index contributed by atoms with van der Waals surface area (Å²) in [5, 5.41) is 14.0. The van der Waals surface area contributed by atoms with Gasteiger partial charge in [-0.15, -0.1) is 0 Å². The van der Waals surface area contributed by atoms with Crippen LogP contribution in [0.25, 0.3) is 11.3 Å². The molecule has 7 heteroatoms. The Morgan fingerprint density at radius 2 is 1.88 bits per heavy atom. The van der Waals surface area contributed by atoms with Crippen molar-refractivity contribution in [3.8, 4) is 22.8 Å². The molecule has 0 aliphatic carbocycles. The number of oxime groups is 1. The zero-order chi connectivity index (χ0) is 23.4. The fourth-order valence-electron chi connectivity index (χ4n) is 3.96. The molecule has 0 fully saturated rings. The van der Waals surface area contributed by atoms with Gasteiger partial charge in [0.05, 0.1) is 6.42 Å². The minimum Gasteiger partial charge on any atom is -0.506 e. The minimum absolute atomic E-state index is 0.00569. The lowest BCUT2D eigenvalue weighted by molar-refractivity contribution is -0.140. The second kappa shape index (κ2) is 9.81. The molecule has 0 saturated carbocycles. The van der Waals surface area contributed by atoms with Crippen LogP contribution in [0.2, 0.25) is 0 Å². The van der Waals surface area contributed by atoms with Gasteiger partial charge in [-0.3, -0.25) is 0 Å². The first-order chi connectivity index (χ1) is 16.0. The highest BCUT2D eigenvalue weighted by Crippen LogP contribution is 2.32. The van der Waals surface area contributed by atoms with Crippen LogP contribution in [-0.2, 0) is 28.9 Å². The molecular weight excluding hydrogens is 423 g/mol. The van der Waals surface area contributed by atoms with Gasteiger partial charge in [-0.2, -0.15) is 0 Å². The van der Waals surface area contributed by atoms with Crippen LogP contribution >= 0.6 is 0 Å². The molecule has 0 spiro atoms. The van der Waals surface area contributed by atoms with Crippen molar-refractivity contribution in [2.45, 2.75) is 39.5 Å². The Morgan fingerprint density at radius 3 is 2.55 bits per heavy atom. The SMILES string of the molecule is CCc1cc(OCC2=NOC(=O)C2)c(F)c(CC)c1Cc1ccc(O)c(-c2ccccc2)n1. The molecule has 3 aromatic rings. The van der Waals surface area contributed by atoms with Gasteiger partial charge >= 0.3 is 5.97 Å². The molecule has 1 aromatic heterocycles. The van der Waals surface area contributed by atoms with E-state index in [-0.39, 0.29) is 24.5 Å². The number of nitrogens with zero attached hydrogens (tertiary/aromatic N) is 2. The molecule has 0 saturated heterocycles. The van der Waals surface area contributed by atoms with Gasteiger partial charge < -0.3 is 14.7 Å². The van der Waals surface area contributed by atoms with E-state index in [1.165, 1.54) is 0 Å². The van der Waals surface area contributed by atoms with Crippen molar-refractivity contribution >= 4 is 11.7 Å². The molecule has 1 aliphatic heterocycles. The zero-order valence-electron chi connectivity index (χ0n) is 18.6. The van der Waals surface area contributed by atoms with E-state index in [9.17, 15) is 9.90 Å². The van der Waals surface area contributed by atoms with Gasteiger partial charge in [0, 0.05) is 17.7 Å². The highest BCUT2D eigenvalue weighted by Gasteiger charge is 2.22. The van der Waals surface area contributed by atoms with E-state index in [1.807, 2.05) is 44.2 Å². The number of rotatable bonds is 8. The molecule has 0 atom stereocenters. The van der Waals surface area contributed by atoms with Gasteiger partial charge in [-0.1, -0.05) is 49.3 Å². The van der Waals surface area contributed by atoms with Gasteiger partial charge in [-0.25, -0.2) is 14.2 Å². The first-order valence-corrected chi connectivity index (χ1v) is 11.0. The third-order valence-corrected chi connectivity index (χ3v) is 5.63. The lowest BCUT2D eigenvalue weighted by Gasteiger charge is -2.18. The molecule has 0 unspecified atom stereocenters. The number of aromatic hydroxyl groups is 1. The number of benzene rings is 2. The number of halogens is 1. The number of pyridine rings is 1. The number of hydrogen-bond acceptors (Lipinski definition) is 6. The van der Waals surface area contributed by atoms with Crippen molar-refractivity contribution in [3.63, 3.8) is 0 Å². The quantitative estimate of drug-likeness (QED) is 0.491. The number of aryl methyl sites for hydroxylation is 1. The lowest BCUT2D eigenvalue weighted by Crippen LogP contribution is -2.13. The predicted octanol–water partition coefficient (Wildman–Crippen LogP) is 4.99.